The predicted octanol–water partition coefficient (Wildman–Crippen LogP) is 3.30. The van der Waals surface area contributed by atoms with Crippen LogP contribution in [-0.4, -0.2) is 30.1 Å². The number of esters is 1. The average Bonchev–Trinajstić information content (AvgIpc) is 2.67. The van der Waals surface area contributed by atoms with Crippen molar-refractivity contribution in [2.45, 2.75) is 19.6 Å². The second kappa shape index (κ2) is 8.61. The molecule has 0 radical (unpaired) electrons. The van der Waals surface area contributed by atoms with E-state index < -0.39 is 23.0 Å². The molecule has 0 fully saturated rings. The molecule has 26 heavy (non-hydrogen) atoms. The van der Waals surface area contributed by atoms with Crippen molar-refractivity contribution in [1.82, 2.24) is 0 Å². The monoisotopic (exact) mass is 358 g/mol. The van der Waals surface area contributed by atoms with E-state index in [0.29, 0.717) is 0 Å². The van der Waals surface area contributed by atoms with Crippen molar-refractivity contribution < 1.29 is 24.0 Å². The van der Waals surface area contributed by atoms with E-state index in [1.54, 1.807) is 12.1 Å². The zero-order chi connectivity index (χ0) is 19.1. The molecule has 0 N–H and O–H groups in total. The molecule has 0 unspecified atom stereocenters. The molecule has 8 nitrogen and oxygen atoms in total. The highest BCUT2D eigenvalue weighted by Crippen LogP contribution is 2.23. The summed E-state index contributed by atoms with van der Waals surface area (Å²) < 4.78 is 9.98. The number of ether oxygens (including phenoxy) is 2. The molecular formula is C18H18N2O6. The molecule has 1 amide bonds. The molecule has 0 saturated carbocycles. The van der Waals surface area contributed by atoms with Crippen molar-refractivity contribution in [3.63, 3.8) is 0 Å². The standard InChI is InChI=1S/C18H18N2O6/c1-13(17(21)25-2)19(15-8-10-16(11-9-15)20(23)24)18(22)26-12-14-6-4-3-5-7-14/h3-11,13H,12H2,1-2H3/t13-/m0/s1. The Morgan fingerprint density at radius 1 is 1.12 bits per heavy atom. The Morgan fingerprint density at radius 2 is 1.73 bits per heavy atom. The van der Waals surface area contributed by atoms with Gasteiger partial charge in [0, 0.05) is 17.8 Å². The third-order valence-corrected chi connectivity index (χ3v) is 3.67. The SMILES string of the molecule is COC(=O)[C@H](C)N(C(=O)OCc1ccccc1)c1ccc([N+](=O)[O-])cc1. The maximum absolute atomic E-state index is 12.6. The Labute approximate surface area is 150 Å². The molecule has 8 heteroatoms. The number of nitrogens with zero attached hydrogens (tertiary/aromatic N) is 2. The van der Waals surface area contributed by atoms with Crippen LogP contribution in [0.1, 0.15) is 12.5 Å². The van der Waals surface area contributed by atoms with Crippen LogP contribution in [0.25, 0.3) is 0 Å². The minimum Gasteiger partial charge on any atom is -0.467 e. The summed E-state index contributed by atoms with van der Waals surface area (Å²) in [6, 6.07) is 13.3. The fourth-order valence-corrected chi connectivity index (χ4v) is 2.29. The summed E-state index contributed by atoms with van der Waals surface area (Å²) in [5.74, 6) is -0.639. The number of carbonyl (C=O) groups is 2. The number of benzene rings is 2. The second-order valence-electron chi connectivity index (χ2n) is 5.38. The topological polar surface area (TPSA) is 99.0 Å². The number of carbonyl (C=O) groups excluding carboxylic acids is 2. The highest BCUT2D eigenvalue weighted by atomic mass is 16.6. The van der Waals surface area contributed by atoms with Crippen molar-refractivity contribution in [2.24, 2.45) is 0 Å². The molecule has 0 aliphatic heterocycles. The summed E-state index contributed by atoms with van der Waals surface area (Å²) in [4.78, 5) is 35.8. The maximum atomic E-state index is 12.6. The van der Waals surface area contributed by atoms with Crippen molar-refractivity contribution in [2.75, 3.05) is 12.0 Å². The van der Waals surface area contributed by atoms with Gasteiger partial charge in [0.05, 0.1) is 12.0 Å². The number of hydrogen-bond donors (Lipinski definition) is 0. The number of nitro groups is 1. The molecular weight excluding hydrogens is 340 g/mol. The summed E-state index contributed by atoms with van der Waals surface area (Å²) in [6.07, 6.45) is -0.763. The lowest BCUT2D eigenvalue weighted by Gasteiger charge is -2.26. The van der Waals surface area contributed by atoms with Gasteiger partial charge in [0.25, 0.3) is 5.69 Å². The Kier molecular flexibility index (Phi) is 6.26. The minimum absolute atomic E-state index is 0.0248. The zero-order valence-electron chi connectivity index (χ0n) is 14.3. The Balaban J connectivity index is 2.23. The molecule has 2 aromatic carbocycles. The van der Waals surface area contributed by atoms with Gasteiger partial charge in [-0.15, -0.1) is 0 Å². The van der Waals surface area contributed by atoms with Gasteiger partial charge in [-0.25, -0.2) is 9.59 Å². The van der Waals surface area contributed by atoms with Crippen LogP contribution < -0.4 is 4.90 Å². The van der Waals surface area contributed by atoms with Gasteiger partial charge in [0.15, 0.2) is 0 Å². The van der Waals surface area contributed by atoms with E-state index in [1.807, 2.05) is 18.2 Å². The first kappa shape index (κ1) is 18.9. The molecule has 2 aromatic rings. The number of methoxy groups -OCH3 is 1. The zero-order valence-corrected chi connectivity index (χ0v) is 14.3. The number of anilines is 1. The number of amides is 1. The maximum Gasteiger partial charge on any atom is 0.415 e. The van der Waals surface area contributed by atoms with Crippen molar-refractivity contribution in [1.29, 1.82) is 0 Å². The first-order chi connectivity index (χ1) is 12.4. The molecule has 2 rings (SSSR count). The van der Waals surface area contributed by atoms with E-state index in [4.69, 9.17) is 9.47 Å². The summed E-state index contributed by atoms with van der Waals surface area (Å²) in [7, 11) is 1.21. The van der Waals surface area contributed by atoms with Crippen LogP contribution in [0.3, 0.4) is 0 Å². The van der Waals surface area contributed by atoms with Crippen LogP contribution in [0.5, 0.6) is 0 Å². The molecule has 0 bridgehead atoms. The molecule has 0 spiro atoms. The fraction of sp³-hybridized carbons (Fsp3) is 0.222. The Morgan fingerprint density at radius 3 is 2.27 bits per heavy atom. The van der Waals surface area contributed by atoms with E-state index >= 15 is 0 Å². The van der Waals surface area contributed by atoms with Crippen LogP contribution in [0.2, 0.25) is 0 Å². The number of hydrogen-bond acceptors (Lipinski definition) is 6. The van der Waals surface area contributed by atoms with Crippen LogP contribution >= 0.6 is 0 Å². The second-order valence-corrected chi connectivity index (χ2v) is 5.38. The van der Waals surface area contributed by atoms with Gasteiger partial charge in [0.1, 0.15) is 12.6 Å². The normalized spacial score (nSPS) is 11.3. The van der Waals surface area contributed by atoms with E-state index in [9.17, 15) is 19.7 Å². The molecule has 0 aliphatic rings. The van der Waals surface area contributed by atoms with E-state index in [1.165, 1.54) is 38.3 Å². The summed E-state index contributed by atoms with van der Waals surface area (Å²) in [6.45, 7) is 1.51. The molecule has 136 valence electrons. The van der Waals surface area contributed by atoms with Crippen molar-refractivity contribution >= 4 is 23.4 Å². The van der Waals surface area contributed by atoms with Crippen LogP contribution in [0.15, 0.2) is 54.6 Å². The van der Waals surface area contributed by atoms with E-state index in [-0.39, 0.29) is 18.0 Å². The number of non-ortho nitro benzene ring substituents is 1. The summed E-state index contributed by atoms with van der Waals surface area (Å²) in [5, 5.41) is 10.8. The molecule has 0 saturated heterocycles. The first-order valence-electron chi connectivity index (χ1n) is 7.76. The average molecular weight is 358 g/mol. The van der Waals surface area contributed by atoms with Crippen molar-refractivity contribution in [3.8, 4) is 0 Å². The van der Waals surface area contributed by atoms with E-state index in [0.717, 1.165) is 10.5 Å². The van der Waals surface area contributed by atoms with Gasteiger partial charge in [-0.2, -0.15) is 0 Å². The third-order valence-electron chi connectivity index (χ3n) is 3.67. The predicted molar refractivity (Wildman–Crippen MR) is 93.7 cm³/mol. The smallest absolute Gasteiger partial charge is 0.415 e. The van der Waals surface area contributed by atoms with Crippen molar-refractivity contribution in [3.05, 3.63) is 70.3 Å². The largest absolute Gasteiger partial charge is 0.467 e. The van der Waals surface area contributed by atoms with Gasteiger partial charge in [-0.1, -0.05) is 30.3 Å². The molecule has 0 aliphatic carbocycles. The van der Waals surface area contributed by atoms with Gasteiger partial charge < -0.3 is 9.47 Å². The van der Waals surface area contributed by atoms with Gasteiger partial charge in [0.2, 0.25) is 0 Å². The quantitative estimate of drug-likeness (QED) is 0.446. The molecule has 0 aromatic heterocycles. The van der Waals surface area contributed by atoms with Crippen LogP contribution in [0, 0.1) is 10.1 Å². The van der Waals surface area contributed by atoms with Crippen LogP contribution in [-0.2, 0) is 20.9 Å². The Hall–Kier alpha value is -3.42. The minimum atomic E-state index is -0.968. The first-order valence-corrected chi connectivity index (χ1v) is 7.76. The summed E-state index contributed by atoms with van der Waals surface area (Å²) >= 11 is 0. The molecule has 0 heterocycles. The summed E-state index contributed by atoms with van der Waals surface area (Å²) in [5.41, 5.74) is 0.943. The van der Waals surface area contributed by atoms with Gasteiger partial charge >= 0.3 is 12.1 Å². The highest BCUT2D eigenvalue weighted by Gasteiger charge is 2.29. The number of rotatable bonds is 6. The lowest BCUT2D eigenvalue weighted by Crippen LogP contribution is -2.44. The molecule has 1 atom stereocenters. The van der Waals surface area contributed by atoms with Crippen LogP contribution in [0.4, 0.5) is 16.2 Å². The highest BCUT2D eigenvalue weighted by molar-refractivity contribution is 5.95. The Bertz CT molecular complexity index is 776. The lowest BCUT2D eigenvalue weighted by atomic mass is 10.2. The fourth-order valence-electron chi connectivity index (χ4n) is 2.29. The van der Waals surface area contributed by atoms with Gasteiger partial charge in [-0.05, 0) is 24.6 Å². The van der Waals surface area contributed by atoms with Gasteiger partial charge in [-0.3, -0.25) is 15.0 Å². The number of nitro benzene ring substituents is 1. The third kappa shape index (κ3) is 4.56. The lowest BCUT2D eigenvalue weighted by molar-refractivity contribution is -0.384. The van der Waals surface area contributed by atoms with E-state index in [2.05, 4.69) is 0 Å².